The maximum absolute atomic E-state index is 12.1. The van der Waals surface area contributed by atoms with Crippen LogP contribution < -0.4 is 10.1 Å². The van der Waals surface area contributed by atoms with Crippen LogP contribution in [0.2, 0.25) is 0 Å². The van der Waals surface area contributed by atoms with Crippen molar-refractivity contribution in [3.8, 4) is 11.8 Å². The monoisotopic (exact) mass is 280 g/mol. The first-order valence-corrected chi connectivity index (χ1v) is 6.63. The zero-order chi connectivity index (χ0) is 15.2. The third kappa shape index (κ3) is 4.08. The van der Waals surface area contributed by atoms with Crippen molar-refractivity contribution in [3.05, 3.63) is 59.7 Å². The van der Waals surface area contributed by atoms with Gasteiger partial charge in [0, 0.05) is 5.69 Å². The van der Waals surface area contributed by atoms with E-state index in [1.807, 2.05) is 37.3 Å². The number of hydrogen-bond donors (Lipinski definition) is 1. The number of nitrogens with one attached hydrogen (secondary N) is 1. The Bertz CT molecular complexity index is 689. The molecule has 0 saturated heterocycles. The first-order valence-electron chi connectivity index (χ1n) is 6.63. The standard InChI is InChI=1S/C17H16N2O2/c1-12-5-3-7-15(9-12)19-17(20)13(2)21-16-8-4-6-14(10-16)11-18/h3-10,13H,1-2H3,(H,19,20). The highest BCUT2D eigenvalue weighted by molar-refractivity contribution is 5.94. The minimum atomic E-state index is -0.653. The van der Waals surface area contributed by atoms with E-state index in [0.717, 1.165) is 11.3 Å². The van der Waals surface area contributed by atoms with E-state index < -0.39 is 6.10 Å². The van der Waals surface area contributed by atoms with Gasteiger partial charge in [0.2, 0.25) is 0 Å². The average molecular weight is 280 g/mol. The molecule has 0 aromatic heterocycles. The number of carbonyl (C=O) groups excluding carboxylic acids is 1. The van der Waals surface area contributed by atoms with E-state index >= 15 is 0 Å². The molecule has 1 atom stereocenters. The van der Waals surface area contributed by atoms with E-state index in [4.69, 9.17) is 10.00 Å². The summed E-state index contributed by atoms with van der Waals surface area (Å²) >= 11 is 0. The van der Waals surface area contributed by atoms with Crippen LogP contribution in [0.5, 0.6) is 5.75 Å². The van der Waals surface area contributed by atoms with Crippen LogP contribution >= 0.6 is 0 Å². The Balaban J connectivity index is 2.01. The van der Waals surface area contributed by atoms with E-state index in [0.29, 0.717) is 11.3 Å². The molecule has 0 aliphatic carbocycles. The predicted octanol–water partition coefficient (Wildman–Crippen LogP) is 3.27. The summed E-state index contributed by atoms with van der Waals surface area (Å²) in [5, 5.41) is 11.6. The molecule has 2 rings (SSSR count). The van der Waals surface area contributed by atoms with E-state index in [1.54, 1.807) is 31.2 Å². The normalized spacial score (nSPS) is 11.3. The lowest BCUT2D eigenvalue weighted by molar-refractivity contribution is -0.122. The van der Waals surface area contributed by atoms with Gasteiger partial charge in [0.25, 0.3) is 5.91 Å². The van der Waals surface area contributed by atoms with Gasteiger partial charge in [-0.2, -0.15) is 5.26 Å². The molecule has 0 radical (unpaired) electrons. The van der Waals surface area contributed by atoms with Crippen molar-refractivity contribution in [1.29, 1.82) is 5.26 Å². The first-order chi connectivity index (χ1) is 10.1. The van der Waals surface area contributed by atoms with Crippen molar-refractivity contribution in [1.82, 2.24) is 0 Å². The molecule has 106 valence electrons. The largest absolute Gasteiger partial charge is 0.481 e. The van der Waals surface area contributed by atoms with Crippen LogP contribution in [0.15, 0.2) is 48.5 Å². The van der Waals surface area contributed by atoms with E-state index in [-0.39, 0.29) is 5.91 Å². The molecule has 1 amide bonds. The third-order valence-electron chi connectivity index (χ3n) is 2.93. The van der Waals surface area contributed by atoms with Crippen molar-refractivity contribution in [2.24, 2.45) is 0 Å². The summed E-state index contributed by atoms with van der Waals surface area (Å²) in [6.45, 7) is 3.63. The molecule has 2 aromatic rings. The summed E-state index contributed by atoms with van der Waals surface area (Å²) in [6.07, 6.45) is -0.653. The Labute approximate surface area is 124 Å². The van der Waals surface area contributed by atoms with Gasteiger partial charge in [0.05, 0.1) is 11.6 Å². The summed E-state index contributed by atoms with van der Waals surface area (Å²) in [7, 11) is 0. The van der Waals surface area contributed by atoms with Crippen molar-refractivity contribution in [2.75, 3.05) is 5.32 Å². The zero-order valence-corrected chi connectivity index (χ0v) is 12.0. The molecule has 0 fully saturated rings. The maximum atomic E-state index is 12.1. The molecule has 4 nitrogen and oxygen atoms in total. The molecule has 1 N–H and O–H groups in total. The van der Waals surface area contributed by atoms with Crippen LogP contribution in [-0.2, 0) is 4.79 Å². The number of rotatable bonds is 4. The molecule has 0 bridgehead atoms. The summed E-state index contributed by atoms with van der Waals surface area (Å²) < 4.78 is 5.56. The lowest BCUT2D eigenvalue weighted by Crippen LogP contribution is -2.30. The van der Waals surface area contributed by atoms with Crippen molar-refractivity contribution >= 4 is 11.6 Å². The molecule has 4 heteroatoms. The molecule has 0 aliphatic rings. The molecule has 2 aromatic carbocycles. The fraction of sp³-hybridized carbons (Fsp3) is 0.176. The Morgan fingerprint density at radius 3 is 2.71 bits per heavy atom. The van der Waals surface area contributed by atoms with Crippen molar-refractivity contribution < 1.29 is 9.53 Å². The minimum absolute atomic E-state index is 0.233. The predicted molar refractivity (Wildman–Crippen MR) is 81.1 cm³/mol. The number of carbonyl (C=O) groups is 1. The number of nitrogens with zero attached hydrogens (tertiary/aromatic N) is 1. The van der Waals surface area contributed by atoms with Gasteiger partial charge in [-0.1, -0.05) is 18.2 Å². The zero-order valence-electron chi connectivity index (χ0n) is 12.0. The lowest BCUT2D eigenvalue weighted by Gasteiger charge is -2.15. The number of aryl methyl sites for hydroxylation is 1. The maximum Gasteiger partial charge on any atom is 0.265 e. The Kier molecular flexibility index (Phi) is 4.57. The van der Waals surface area contributed by atoms with Crippen LogP contribution in [0.25, 0.3) is 0 Å². The number of hydrogen-bond acceptors (Lipinski definition) is 3. The molecule has 21 heavy (non-hydrogen) atoms. The van der Waals surface area contributed by atoms with E-state index in [1.165, 1.54) is 0 Å². The molecule has 0 aliphatic heterocycles. The van der Waals surface area contributed by atoms with Gasteiger partial charge in [0.15, 0.2) is 6.10 Å². The van der Waals surface area contributed by atoms with Crippen LogP contribution in [0, 0.1) is 18.3 Å². The highest BCUT2D eigenvalue weighted by Crippen LogP contribution is 2.15. The molecular formula is C17H16N2O2. The fourth-order valence-corrected chi connectivity index (χ4v) is 1.86. The SMILES string of the molecule is Cc1cccc(NC(=O)C(C)Oc2cccc(C#N)c2)c1. The van der Waals surface area contributed by atoms with Gasteiger partial charge in [-0.05, 0) is 49.7 Å². The number of nitriles is 1. The van der Waals surface area contributed by atoms with Crippen LogP contribution in [0.4, 0.5) is 5.69 Å². The topological polar surface area (TPSA) is 62.1 Å². The summed E-state index contributed by atoms with van der Waals surface area (Å²) in [5.41, 5.74) is 2.31. The molecular weight excluding hydrogens is 264 g/mol. The average Bonchev–Trinajstić information content (AvgIpc) is 2.47. The van der Waals surface area contributed by atoms with Crippen molar-refractivity contribution in [3.63, 3.8) is 0 Å². The second-order valence-electron chi connectivity index (χ2n) is 4.76. The Hall–Kier alpha value is -2.80. The fourth-order valence-electron chi connectivity index (χ4n) is 1.86. The van der Waals surface area contributed by atoms with Gasteiger partial charge in [-0.15, -0.1) is 0 Å². The number of amides is 1. The summed E-state index contributed by atoms with van der Waals surface area (Å²) in [4.78, 5) is 12.1. The van der Waals surface area contributed by atoms with Crippen LogP contribution in [0.1, 0.15) is 18.1 Å². The quantitative estimate of drug-likeness (QED) is 0.935. The highest BCUT2D eigenvalue weighted by atomic mass is 16.5. The number of benzene rings is 2. The van der Waals surface area contributed by atoms with Gasteiger partial charge in [0.1, 0.15) is 5.75 Å². The number of anilines is 1. The van der Waals surface area contributed by atoms with Gasteiger partial charge in [-0.25, -0.2) is 0 Å². The Morgan fingerprint density at radius 1 is 1.24 bits per heavy atom. The smallest absolute Gasteiger partial charge is 0.265 e. The molecule has 0 heterocycles. The lowest BCUT2D eigenvalue weighted by atomic mass is 10.2. The summed E-state index contributed by atoms with van der Waals surface area (Å²) in [5.74, 6) is 0.268. The van der Waals surface area contributed by atoms with Crippen LogP contribution in [0.3, 0.4) is 0 Å². The van der Waals surface area contributed by atoms with Crippen molar-refractivity contribution in [2.45, 2.75) is 20.0 Å². The molecule has 0 spiro atoms. The van der Waals surface area contributed by atoms with Gasteiger partial charge < -0.3 is 10.1 Å². The summed E-state index contributed by atoms with van der Waals surface area (Å²) in [6, 6.07) is 16.3. The van der Waals surface area contributed by atoms with Crippen LogP contribution in [-0.4, -0.2) is 12.0 Å². The minimum Gasteiger partial charge on any atom is -0.481 e. The van der Waals surface area contributed by atoms with E-state index in [2.05, 4.69) is 5.32 Å². The second-order valence-corrected chi connectivity index (χ2v) is 4.76. The third-order valence-corrected chi connectivity index (χ3v) is 2.93. The Morgan fingerprint density at radius 2 is 2.00 bits per heavy atom. The van der Waals surface area contributed by atoms with Gasteiger partial charge in [-0.3, -0.25) is 4.79 Å². The number of ether oxygens (including phenoxy) is 1. The first kappa shape index (κ1) is 14.6. The molecule has 0 saturated carbocycles. The highest BCUT2D eigenvalue weighted by Gasteiger charge is 2.15. The second kappa shape index (κ2) is 6.58. The van der Waals surface area contributed by atoms with E-state index in [9.17, 15) is 4.79 Å². The molecule has 1 unspecified atom stereocenters. The van der Waals surface area contributed by atoms with Gasteiger partial charge >= 0.3 is 0 Å².